The van der Waals surface area contributed by atoms with Crippen molar-refractivity contribution in [3.05, 3.63) is 95.0 Å². The Morgan fingerprint density at radius 3 is 2.53 bits per heavy atom. The molecule has 1 aromatic carbocycles. The first-order valence-electron chi connectivity index (χ1n) is 13.1. The number of aliphatic carboxylic acids is 1. The summed E-state index contributed by atoms with van der Waals surface area (Å²) in [5, 5.41) is 23.3. The van der Waals surface area contributed by atoms with Crippen LogP contribution in [0.2, 0.25) is 0 Å². The van der Waals surface area contributed by atoms with Gasteiger partial charge in [-0.2, -0.15) is 8.42 Å². The quantitative estimate of drug-likeness (QED) is 0.120. The van der Waals surface area contributed by atoms with Gasteiger partial charge in [-0.3, -0.25) is 28.8 Å². The van der Waals surface area contributed by atoms with Crippen molar-refractivity contribution in [1.29, 1.82) is 0 Å². The number of thioether (sulfide) groups is 1. The van der Waals surface area contributed by atoms with Gasteiger partial charge < -0.3 is 25.8 Å². The zero-order valence-electron chi connectivity index (χ0n) is 22.9. The smallest absolute Gasteiger partial charge is 0.356 e. The van der Waals surface area contributed by atoms with E-state index < -0.39 is 73.9 Å². The number of carbonyl (C=O) groups is 5. The number of carbonyl (C=O) groups excluding carboxylic acids is 3. The summed E-state index contributed by atoms with van der Waals surface area (Å²) in [6, 6.07) is 7.75. The van der Waals surface area contributed by atoms with Crippen molar-refractivity contribution in [2.45, 2.75) is 23.4 Å². The number of carboxylic acid groups (broad SMARTS) is 2. The summed E-state index contributed by atoms with van der Waals surface area (Å²) < 4.78 is 32.6. The number of rotatable bonds is 11. The Balaban J connectivity index is 1.58. The highest BCUT2D eigenvalue weighted by Crippen LogP contribution is 2.50. The summed E-state index contributed by atoms with van der Waals surface area (Å²) in [7, 11) is -4.44. The zero-order valence-corrected chi connectivity index (χ0v) is 24.5. The molecule has 0 radical (unpaired) electrons. The van der Waals surface area contributed by atoms with E-state index in [1.165, 1.54) is 36.7 Å². The largest absolute Gasteiger partial charge is 0.477 e. The highest BCUT2D eigenvalue weighted by molar-refractivity contribution is 8.00. The number of aromatic nitrogens is 3. The molecule has 2 aromatic heterocycles. The Morgan fingerprint density at radius 1 is 1.13 bits per heavy atom. The first-order valence-corrected chi connectivity index (χ1v) is 15.7. The number of benzene rings is 1. The molecular weight excluding hydrogens is 632 g/mol. The van der Waals surface area contributed by atoms with E-state index >= 15 is 0 Å². The number of aromatic carboxylic acids is 1. The molecule has 3 aromatic rings. The van der Waals surface area contributed by atoms with Crippen LogP contribution in [0.4, 0.5) is 0 Å². The van der Waals surface area contributed by atoms with E-state index in [1.54, 1.807) is 18.2 Å². The molecule has 5 rings (SSSR count). The van der Waals surface area contributed by atoms with E-state index in [2.05, 4.69) is 25.6 Å². The first kappa shape index (κ1) is 31.4. The van der Waals surface area contributed by atoms with Gasteiger partial charge in [0.15, 0.2) is 11.2 Å². The summed E-state index contributed by atoms with van der Waals surface area (Å²) in [5.41, 5.74) is -2.79. The fourth-order valence-corrected chi connectivity index (χ4v) is 6.99. The number of nitrogens with one attached hydrogen (secondary N) is 3. The number of hydrogen-bond acceptors (Lipinski definition) is 10. The molecule has 2 aliphatic rings. The molecule has 18 heteroatoms. The van der Waals surface area contributed by atoms with Crippen molar-refractivity contribution >= 4 is 51.5 Å². The summed E-state index contributed by atoms with van der Waals surface area (Å²) >= 11 is 1.13. The maximum absolute atomic E-state index is 14.2. The van der Waals surface area contributed by atoms with Gasteiger partial charge in [-0.15, -0.1) is 11.8 Å². The average Bonchev–Trinajstić information content (AvgIpc) is 3.52. The molecule has 0 aliphatic carbocycles. The van der Waals surface area contributed by atoms with Crippen LogP contribution in [-0.4, -0.2) is 89.6 Å². The number of pyridine rings is 1. The van der Waals surface area contributed by atoms with Crippen molar-refractivity contribution in [3.63, 3.8) is 0 Å². The summed E-state index contributed by atoms with van der Waals surface area (Å²) in [4.78, 5) is 76.1. The Labute approximate surface area is 258 Å². The van der Waals surface area contributed by atoms with E-state index in [1.807, 2.05) is 0 Å². The molecule has 16 nitrogen and oxygen atoms in total. The number of nitrogens with zero attached hydrogens (tertiary/aromatic N) is 3. The van der Waals surface area contributed by atoms with Gasteiger partial charge in [-0.05, 0) is 29.7 Å². The maximum atomic E-state index is 14.2. The normalized spacial score (nSPS) is 19.8. The lowest BCUT2D eigenvalue weighted by atomic mass is 9.77. The SMILES string of the molecule is O=C(O)C1=CCS[C@@H]2N1C(=O)C2(NC(=O)C(NC(=O)c1[nH]cnc1C(=O)O)c1ccccc1)c1cnccc1CCS(=O)(=O)O. The Bertz CT molecular complexity index is 1840. The van der Waals surface area contributed by atoms with Crippen LogP contribution >= 0.6 is 11.8 Å². The first-order chi connectivity index (χ1) is 21.3. The second-order valence-corrected chi connectivity index (χ2v) is 12.6. The predicted octanol–water partition coefficient (Wildman–Crippen LogP) is 0.300. The monoisotopic (exact) mass is 656 g/mol. The van der Waals surface area contributed by atoms with Crippen molar-refractivity contribution in [2.75, 3.05) is 11.5 Å². The third-order valence-corrected chi connectivity index (χ3v) is 9.16. The van der Waals surface area contributed by atoms with Crippen molar-refractivity contribution < 1.29 is 47.2 Å². The minimum Gasteiger partial charge on any atom is -0.477 e. The molecule has 1 fully saturated rings. The summed E-state index contributed by atoms with van der Waals surface area (Å²) in [6.07, 6.45) is 4.63. The Kier molecular flexibility index (Phi) is 8.46. The Morgan fingerprint density at radius 2 is 1.87 bits per heavy atom. The number of aromatic amines is 1. The number of carboxylic acids is 2. The second-order valence-electron chi connectivity index (χ2n) is 9.87. The van der Waals surface area contributed by atoms with E-state index in [-0.39, 0.29) is 34.6 Å². The molecular formula is C27H24N6O10S2. The molecule has 3 amide bonds. The van der Waals surface area contributed by atoms with Crippen LogP contribution in [0.1, 0.15) is 43.7 Å². The fraction of sp³-hybridized carbons (Fsp3) is 0.222. The molecule has 2 aliphatic heterocycles. The standard InChI is InChI=1S/C27H24N6O10S2/c34-21(19-20(24(38)39)30-13-29-19)31-18(15-4-2-1-3-5-15)22(35)32-27(16-12-28-9-6-14(16)8-11-45(41,42)43)25(40)33-17(23(36)37)7-10-44-26(27)33/h1-7,9,12-13,18,26H,8,10-11H2,(H,29,30)(H,31,34)(H,32,35)(H,36,37)(H,38,39)(H,41,42,43)/t18?,26-,27?/m0/s1. The van der Waals surface area contributed by atoms with Crippen LogP contribution in [0.15, 0.2) is 66.9 Å². The van der Waals surface area contributed by atoms with Gasteiger partial charge in [0.05, 0.1) is 12.1 Å². The van der Waals surface area contributed by atoms with Crippen LogP contribution < -0.4 is 10.6 Å². The lowest BCUT2D eigenvalue weighted by molar-refractivity contribution is -0.160. The number of amides is 3. The van der Waals surface area contributed by atoms with Crippen LogP contribution in [0.5, 0.6) is 0 Å². The van der Waals surface area contributed by atoms with E-state index in [0.717, 1.165) is 23.0 Å². The molecule has 0 bridgehead atoms. The van der Waals surface area contributed by atoms with Gasteiger partial charge in [0, 0.05) is 23.7 Å². The third-order valence-electron chi connectivity index (χ3n) is 7.20. The van der Waals surface area contributed by atoms with Gasteiger partial charge in [-0.1, -0.05) is 30.3 Å². The third kappa shape index (κ3) is 5.89. The molecule has 45 heavy (non-hydrogen) atoms. The highest BCUT2D eigenvalue weighted by atomic mass is 32.2. The lowest BCUT2D eigenvalue weighted by Crippen LogP contribution is -2.78. The van der Waals surface area contributed by atoms with E-state index in [4.69, 9.17) is 0 Å². The number of aryl methyl sites for hydroxylation is 1. The molecule has 6 N–H and O–H groups in total. The van der Waals surface area contributed by atoms with Crippen LogP contribution in [0.25, 0.3) is 0 Å². The Hall–Kier alpha value is -5.07. The number of β-lactam (4-membered cyclic amide) rings is 1. The topological polar surface area (TPSA) is 249 Å². The number of imidazole rings is 1. The van der Waals surface area contributed by atoms with Gasteiger partial charge in [0.25, 0.3) is 21.9 Å². The number of hydrogen-bond donors (Lipinski definition) is 6. The number of H-pyrrole nitrogens is 1. The highest BCUT2D eigenvalue weighted by Gasteiger charge is 2.66. The predicted molar refractivity (Wildman–Crippen MR) is 155 cm³/mol. The lowest BCUT2D eigenvalue weighted by Gasteiger charge is -2.57. The van der Waals surface area contributed by atoms with Gasteiger partial charge in [0.1, 0.15) is 22.8 Å². The van der Waals surface area contributed by atoms with Gasteiger partial charge in [-0.25, -0.2) is 14.6 Å². The van der Waals surface area contributed by atoms with E-state index in [9.17, 15) is 47.2 Å². The second kappa shape index (κ2) is 12.1. The molecule has 3 atom stereocenters. The van der Waals surface area contributed by atoms with Crippen LogP contribution in [0.3, 0.4) is 0 Å². The fourth-order valence-electron chi connectivity index (χ4n) is 5.18. The van der Waals surface area contributed by atoms with Crippen LogP contribution in [0, 0.1) is 0 Å². The van der Waals surface area contributed by atoms with Gasteiger partial charge in [0.2, 0.25) is 5.91 Å². The average molecular weight is 657 g/mol. The van der Waals surface area contributed by atoms with E-state index in [0.29, 0.717) is 0 Å². The number of fused-ring (bicyclic) bond motifs is 1. The summed E-state index contributed by atoms with van der Waals surface area (Å²) in [6.45, 7) is 0. The minimum atomic E-state index is -4.44. The maximum Gasteiger partial charge on any atom is 0.356 e. The summed E-state index contributed by atoms with van der Waals surface area (Å²) in [5.74, 6) is -6.24. The van der Waals surface area contributed by atoms with Crippen molar-refractivity contribution in [1.82, 2.24) is 30.5 Å². The molecule has 1 saturated heterocycles. The van der Waals surface area contributed by atoms with Crippen LogP contribution in [-0.2, 0) is 36.5 Å². The molecule has 0 spiro atoms. The minimum absolute atomic E-state index is 0.0623. The molecule has 4 heterocycles. The van der Waals surface area contributed by atoms with Gasteiger partial charge >= 0.3 is 11.9 Å². The molecule has 234 valence electrons. The molecule has 2 unspecified atom stereocenters. The zero-order chi connectivity index (χ0) is 32.5. The van der Waals surface area contributed by atoms with Crippen molar-refractivity contribution in [2.24, 2.45) is 0 Å². The van der Waals surface area contributed by atoms with Crippen molar-refractivity contribution in [3.8, 4) is 0 Å². The molecule has 0 saturated carbocycles.